The Labute approximate surface area is 175 Å². The van der Waals surface area contributed by atoms with Gasteiger partial charge < -0.3 is 15.1 Å². The van der Waals surface area contributed by atoms with E-state index in [-0.39, 0.29) is 18.2 Å². The van der Waals surface area contributed by atoms with Crippen LogP contribution in [-0.2, 0) is 9.59 Å². The number of hydrogen-bond acceptors (Lipinski definition) is 4. The third kappa shape index (κ3) is 5.80. The molecule has 0 aromatic heterocycles. The number of rotatable bonds is 5. The second-order valence-corrected chi connectivity index (χ2v) is 8.84. The van der Waals surface area contributed by atoms with Gasteiger partial charge in [-0.1, -0.05) is 12.1 Å². The molecule has 0 bridgehead atoms. The standard InChI is InChI=1S/C23H36N4O2/c1-17-5-6-18(2)21(15-17)24-22(28)16-23(29)27-9-7-20(8-10-27)19(3)26-13-11-25(4)12-14-26/h5-6,15,19-20H,7-14,16H2,1-4H3,(H,24,28). The minimum absolute atomic E-state index is 0.0569. The molecule has 2 aliphatic heterocycles. The minimum atomic E-state index is -0.225. The summed E-state index contributed by atoms with van der Waals surface area (Å²) in [7, 11) is 2.18. The summed E-state index contributed by atoms with van der Waals surface area (Å²) in [5.74, 6) is 0.348. The van der Waals surface area contributed by atoms with Crippen molar-refractivity contribution in [3.63, 3.8) is 0 Å². The van der Waals surface area contributed by atoms with E-state index in [1.165, 1.54) is 0 Å². The Morgan fingerprint density at radius 2 is 1.72 bits per heavy atom. The van der Waals surface area contributed by atoms with Crippen LogP contribution in [0, 0.1) is 19.8 Å². The van der Waals surface area contributed by atoms with Crippen LogP contribution in [0.4, 0.5) is 5.69 Å². The van der Waals surface area contributed by atoms with Crippen LogP contribution in [0.3, 0.4) is 0 Å². The number of carbonyl (C=O) groups excluding carboxylic acids is 2. The lowest BCUT2D eigenvalue weighted by atomic mass is 9.89. The van der Waals surface area contributed by atoms with E-state index in [0.29, 0.717) is 12.0 Å². The van der Waals surface area contributed by atoms with Crippen LogP contribution < -0.4 is 5.32 Å². The Kier molecular flexibility index (Phi) is 7.30. The van der Waals surface area contributed by atoms with Crippen LogP contribution in [0.1, 0.15) is 37.3 Å². The fourth-order valence-electron chi connectivity index (χ4n) is 4.47. The summed E-state index contributed by atoms with van der Waals surface area (Å²) in [6.07, 6.45) is 1.97. The molecule has 2 saturated heterocycles. The molecule has 3 rings (SSSR count). The number of piperidine rings is 1. The molecule has 2 heterocycles. The van der Waals surface area contributed by atoms with E-state index in [1.807, 2.05) is 36.9 Å². The van der Waals surface area contributed by atoms with E-state index in [9.17, 15) is 9.59 Å². The number of nitrogens with one attached hydrogen (secondary N) is 1. The van der Waals surface area contributed by atoms with Crippen molar-refractivity contribution in [1.82, 2.24) is 14.7 Å². The molecule has 2 fully saturated rings. The molecular formula is C23H36N4O2. The summed E-state index contributed by atoms with van der Waals surface area (Å²) in [6.45, 7) is 12.4. The smallest absolute Gasteiger partial charge is 0.233 e. The molecule has 6 nitrogen and oxygen atoms in total. The lowest BCUT2D eigenvalue weighted by molar-refractivity contribution is -0.136. The van der Waals surface area contributed by atoms with E-state index >= 15 is 0 Å². The quantitative estimate of drug-likeness (QED) is 0.772. The van der Waals surface area contributed by atoms with Crippen LogP contribution in [0.2, 0.25) is 0 Å². The van der Waals surface area contributed by atoms with E-state index in [0.717, 1.165) is 68.9 Å². The van der Waals surface area contributed by atoms with E-state index < -0.39 is 0 Å². The molecule has 1 aromatic carbocycles. The van der Waals surface area contributed by atoms with Gasteiger partial charge in [0.25, 0.3) is 0 Å². The van der Waals surface area contributed by atoms with Crippen molar-refractivity contribution < 1.29 is 9.59 Å². The molecule has 1 unspecified atom stereocenters. The van der Waals surface area contributed by atoms with Gasteiger partial charge in [0.05, 0.1) is 0 Å². The number of piperazine rings is 1. The van der Waals surface area contributed by atoms with E-state index in [1.54, 1.807) is 0 Å². The first-order chi connectivity index (χ1) is 13.8. The summed E-state index contributed by atoms with van der Waals surface area (Å²) in [5.41, 5.74) is 2.89. The highest BCUT2D eigenvalue weighted by Crippen LogP contribution is 2.25. The average molecular weight is 401 g/mol. The first kappa shape index (κ1) is 21.8. The van der Waals surface area contributed by atoms with E-state index in [4.69, 9.17) is 0 Å². The lowest BCUT2D eigenvalue weighted by Gasteiger charge is -2.42. The summed E-state index contributed by atoms with van der Waals surface area (Å²) in [4.78, 5) is 31.8. The molecule has 1 atom stereocenters. The number of likely N-dealkylation sites (tertiary alicyclic amines) is 1. The van der Waals surface area contributed by atoms with Gasteiger partial charge in [-0.25, -0.2) is 0 Å². The van der Waals surface area contributed by atoms with Crippen LogP contribution in [-0.4, -0.2) is 78.9 Å². The molecule has 6 heteroatoms. The topological polar surface area (TPSA) is 55.9 Å². The van der Waals surface area contributed by atoms with Gasteiger partial charge in [-0.05, 0) is 63.8 Å². The zero-order valence-electron chi connectivity index (χ0n) is 18.4. The minimum Gasteiger partial charge on any atom is -0.342 e. The number of carbonyl (C=O) groups is 2. The number of aryl methyl sites for hydroxylation is 2. The molecule has 2 amide bonds. The predicted octanol–water partition coefficient (Wildman–Crippen LogP) is 2.51. The van der Waals surface area contributed by atoms with Crippen molar-refractivity contribution in [1.29, 1.82) is 0 Å². The number of nitrogens with zero attached hydrogens (tertiary/aromatic N) is 3. The van der Waals surface area contributed by atoms with Gasteiger partial charge in [-0.3, -0.25) is 14.5 Å². The normalized spacial score (nSPS) is 20.5. The van der Waals surface area contributed by atoms with Gasteiger partial charge in [0.15, 0.2) is 0 Å². The van der Waals surface area contributed by atoms with Gasteiger partial charge >= 0.3 is 0 Å². The van der Waals surface area contributed by atoms with Crippen molar-refractivity contribution in [2.24, 2.45) is 5.92 Å². The van der Waals surface area contributed by atoms with Crippen LogP contribution in [0.5, 0.6) is 0 Å². The van der Waals surface area contributed by atoms with Gasteiger partial charge in [-0.2, -0.15) is 0 Å². The Balaban J connectivity index is 1.44. The number of benzene rings is 1. The monoisotopic (exact) mass is 400 g/mol. The number of anilines is 1. The Hall–Kier alpha value is -1.92. The van der Waals surface area contributed by atoms with Crippen molar-refractivity contribution in [2.75, 3.05) is 51.6 Å². The molecule has 0 radical (unpaired) electrons. The van der Waals surface area contributed by atoms with E-state index in [2.05, 4.69) is 29.1 Å². The molecule has 29 heavy (non-hydrogen) atoms. The van der Waals surface area contributed by atoms with Gasteiger partial charge in [0, 0.05) is 51.0 Å². The van der Waals surface area contributed by atoms with Crippen LogP contribution in [0.25, 0.3) is 0 Å². The van der Waals surface area contributed by atoms with Crippen molar-refractivity contribution >= 4 is 17.5 Å². The first-order valence-corrected chi connectivity index (χ1v) is 10.9. The fourth-order valence-corrected chi connectivity index (χ4v) is 4.47. The summed E-state index contributed by atoms with van der Waals surface area (Å²) < 4.78 is 0. The van der Waals surface area contributed by atoms with Gasteiger partial charge in [-0.15, -0.1) is 0 Å². The summed E-state index contributed by atoms with van der Waals surface area (Å²) in [6, 6.07) is 6.51. The second-order valence-electron chi connectivity index (χ2n) is 8.84. The van der Waals surface area contributed by atoms with Crippen molar-refractivity contribution in [3.8, 4) is 0 Å². The molecule has 1 aromatic rings. The Morgan fingerprint density at radius 1 is 1.07 bits per heavy atom. The second kappa shape index (κ2) is 9.72. The SMILES string of the molecule is Cc1ccc(C)c(NC(=O)CC(=O)N2CCC(C(C)N3CCN(C)CC3)CC2)c1. The highest BCUT2D eigenvalue weighted by Gasteiger charge is 2.30. The highest BCUT2D eigenvalue weighted by atomic mass is 16.2. The number of likely N-dealkylation sites (N-methyl/N-ethyl adjacent to an activating group) is 1. The summed E-state index contributed by atoms with van der Waals surface area (Å²) in [5, 5.41) is 2.90. The molecule has 0 aliphatic carbocycles. The number of amides is 2. The predicted molar refractivity (Wildman–Crippen MR) is 117 cm³/mol. The third-order valence-electron chi connectivity index (χ3n) is 6.67. The lowest BCUT2D eigenvalue weighted by Crippen LogP contribution is -2.52. The van der Waals surface area contributed by atoms with Crippen LogP contribution in [0.15, 0.2) is 18.2 Å². The first-order valence-electron chi connectivity index (χ1n) is 10.9. The van der Waals surface area contributed by atoms with Crippen molar-refractivity contribution in [2.45, 2.75) is 46.1 Å². The maximum absolute atomic E-state index is 12.6. The largest absolute Gasteiger partial charge is 0.342 e. The van der Waals surface area contributed by atoms with Gasteiger partial charge in [0.1, 0.15) is 6.42 Å². The fraction of sp³-hybridized carbons (Fsp3) is 0.652. The maximum Gasteiger partial charge on any atom is 0.233 e. The highest BCUT2D eigenvalue weighted by molar-refractivity contribution is 6.03. The molecular weight excluding hydrogens is 364 g/mol. The van der Waals surface area contributed by atoms with Crippen LogP contribution >= 0.6 is 0 Å². The van der Waals surface area contributed by atoms with Crippen molar-refractivity contribution in [3.05, 3.63) is 29.3 Å². The maximum atomic E-state index is 12.6. The summed E-state index contributed by atoms with van der Waals surface area (Å²) >= 11 is 0. The molecule has 1 N–H and O–H groups in total. The molecule has 0 saturated carbocycles. The Bertz CT molecular complexity index is 720. The average Bonchev–Trinajstić information content (AvgIpc) is 2.71. The zero-order chi connectivity index (χ0) is 21.0. The molecule has 160 valence electrons. The Morgan fingerprint density at radius 3 is 2.38 bits per heavy atom. The zero-order valence-corrected chi connectivity index (χ0v) is 18.4. The third-order valence-corrected chi connectivity index (χ3v) is 6.67. The molecule has 0 spiro atoms. The number of hydrogen-bond donors (Lipinski definition) is 1. The molecule has 2 aliphatic rings. The van der Waals surface area contributed by atoms with Gasteiger partial charge in [0.2, 0.25) is 11.8 Å².